The van der Waals surface area contributed by atoms with Gasteiger partial charge in [-0.1, -0.05) is 30.7 Å². The van der Waals surface area contributed by atoms with E-state index in [0.29, 0.717) is 22.2 Å². The van der Waals surface area contributed by atoms with Crippen molar-refractivity contribution in [3.8, 4) is 5.75 Å². The van der Waals surface area contributed by atoms with Gasteiger partial charge in [-0.2, -0.15) is 0 Å². The Morgan fingerprint density at radius 2 is 1.82 bits per heavy atom. The molecule has 1 aromatic carbocycles. The third-order valence-electron chi connectivity index (χ3n) is 4.74. The second kappa shape index (κ2) is 9.54. The average molecular weight is 429 g/mol. The van der Waals surface area contributed by atoms with Crippen LogP contribution < -0.4 is 4.74 Å². The van der Waals surface area contributed by atoms with Crippen molar-refractivity contribution in [1.29, 1.82) is 0 Å². The van der Waals surface area contributed by atoms with Crippen LogP contribution in [0, 0.1) is 0 Å². The van der Waals surface area contributed by atoms with Crippen molar-refractivity contribution < 1.29 is 29.9 Å². The Kier molecular flexibility index (Phi) is 7.33. The fraction of sp³-hybridized carbons (Fsp3) is 0.500. The molecule has 5 atom stereocenters. The Hall–Kier alpha value is -1.19. The van der Waals surface area contributed by atoms with Crippen LogP contribution in [0.2, 0.25) is 4.34 Å². The van der Waals surface area contributed by atoms with Gasteiger partial charge in [0.25, 0.3) is 0 Å². The van der Waals surface area contributed by atoms with Crippen LogP contribution in [0.4, 0.5) is 0 Å². The van der Waals surface area contributed by atoms with Crippen LogP contribution >= 0.6 is 22.9 Å². The summed E-state index contributed by atoms with van der Waals surface area (Å²) in [5, 5.41) is 39.6. The number of aliphatic hydroxyl groups is 4. The van der Waals surface area contributed by atoms with Crippen LogP contribution in [-0.2, 0) is 11.2 Å². The third-order valence-corrected chi connectivity index (χ3v) is 6.24. The van der Waals surface area contributed by atoms with Gasteiger partial charge < -0.3 is 29.9 Å². The minimum atomic E-state index is -1.41. The van der Waals surface area contributed by atoms with Crippen LogP contribution in [0.5, 0.6) is 5.75 Å². The maximum absolute atomic E-state index is 10.3. The summed E-state index contributed by atoms with van der Waals surface area (Å²) in [5.74, 6) is 0.823. The van der Waals surface area contributed by atoms with Gasteiger partial charge in [0.05, 0.1) is 17.6 Å². The van der Waals surface area contributed by atoms with Gasteiger partial charge in [-0.25, -0.2) is 0 Å². The number of halogens is 1. The van der Waals surface area contributed by atoms with E-state index >= 15 is 0 Å². The van der Waals surface area contributed by atoms with Crippen molar-refractivity contribution in [1.82, 2.24) is 0 Å². The molecule has 2 aromatic rings. The van der Waals surface area contributed by atoms with E-state index in [9.17, 15) is 20.4 Å². The number of benzene rings is 1. The first-order valence-electron chi connectivity index (χ1n) is 9.25. The number of hydrogen-bond donors (Lipinski definition) is 4. The molecule has 6 nitrogen and oxygen atoms in total. The molecule has 1 saturated heterocycles. The first-order valence-corrected chi connectivity index (χ1v) is 10.4. The van der Waals surface area contributed by atoms with Crippen molar-refractivity contribution in [2.24, 2.45) is 0 Å². The number of rotatable bonds is 7. The van der Waals surface area contributed by atoms with Crippen LogP contribution in [0.3, 0.4) is 0 Å². The van der Waals surface area contributed by atoms with Crippen LogP contribution in [0.15, 0.2) is 30.3 Å². The second-order valence-electron chi connectivity index (χ2n) is 6.87. The number of hydrogen-bond acceptors (Lipinski definition) is 7. The van der Waals surface area contributed by atoms with Crippen molar-refractivity contribution in [2.45, 2.75) is 50.3 Å². The topological polar surface area (TPSA) is 99.4 Å². The Morgan fingerprint density at radius 3 is 2.46 bits per heavy atom. The zero-order chi connectivity index (χ0) is 20.3. The summed E-state index contributed by atoms with van der Waals surface area (Å²) in [5.41, 5.74) is 1.93. The van der Waals surface area contributed by atoms with Crippen molar-refractivity contribution in [3.63, 3.8) is 0 Å². The van der Waals surface area contributed by atoms with Gasteiger partial charge in [-0.05, 0) is 42.2 Å². The molecule has 4 N–H and O–H groups in total. The summed E-state index contributed by atoms with van der Waals surface area (Å²) in [7, 11) is 0. The lowest BCUT2D eigenvalue weighted by atomic mass is 9.94. The van der Waals surface area contributed by atoms with E-state index in [4.69, 9.17) is 21.1 Å². The van der Waals surface area contributed by atoms with Gasteiger partial charge in [0.2, 0.25) is 0 Å². The molecule has 1 aliphatic rings. The first kappa shape index (κ1) is 21.5. The van der Waals surface area contributed by atoms with E-state index < -0.39 is 37.1 Å². The van der Waals surface area contributed by atoms with Crippen molar-refractivity contribution >= 4 is 22.9 Å². The molecule has 0 radical (unpaired) electrons. The Bertz CT molecular complexity index is 763. The Labute approximate surface area is 172 Å². The molecule has 3 rings (SSSR count). The molecule has 1 fully saturated rings. The minimum Gasteiger partial charge on any atom is -0.494 e. The van der Waals surface area contributed by atoms with Gasteiger partial charge in [-0.15, -0.1) is 11.3 Å². The maximum atomic E-state index is 10.3. The van der Waals surface area contributed by atoms with Gasteiger partial charge in [0.1, 0.15) is 36.3 Å². The standard InChI is InChI=1S/C20H25ClO6S/c1-2-7-26-13-5-3-11(4-6-13)8-12-9-15(28-20(12)21)19-18(25)17(24)16(23)14(10-22)27-19/h3-6,9,14,16-19,22-25H,2,7-8,10H2,1H3. The summed E-state index contributed by atoms with van der Waals surface area (Å²) in [6, 6.07) is 9.63. The fourth-order valence-electron chi connectivity index (χ4n) is 3.17. The molecule has 0 aliphatic carbocycles. The highest BCUT2D eigenvalue weighted by Crippen LogP contribution is 2.39. The SMILES string of the molecule is CCCOc1ccc(Cc2cc(C3OC(CO)C(O)C(O)C3O)sc2Cl)cc1. The zero-order valence-corrected chi connectivity index (χ0v) is 17.1. The number of aliphatic hydroxyl groups excluding tert-OH is 4. The summed E-state index contributed by atoms with van der Waals surface area (Å²) in [6.45, 7) is 2.28. The predicted molar refractivity (Wildman–Crippen MR) is 107 cm³/mol. The minimum absolute atomic E-state index is 0.458. The molecule has 28 heavy (non-hydrogen) atoms. The van der Waals surface area contributed by atoms with E-state index in [-0.39, 0.29) is 0 Å². The van der Waals surface area contributed by atoms with E-state index in [2.05, 4.69) is 6.92 Å². The van der Waals surface area contributed by atoms with Crippen molar-refractivity contribution in [2.75, 3.05) is 13.2 Å². The van der Waals surface area contributed by atoms with E-state index in [1.807, 2.05) is 30.3 Å². The quantitative estimate of drug-likeness (QED) is 0.540. The van der Waals surface area contributed by atoms with Gasteiger partial charge in [0.15, 0.2) is 0 Å². The maximum Gasteiger partial charge on any atom is 0.121 e. The monoisotopic (exact) mass is 428 g/mol. The fourth-order valence-corrected chi connectivity index (χ4v) is 4.54. The molecule has 0 spiro atoms. The molecule has 1 aliphatic heterocycles. The molecular formula is C20H25ClO6S. The molecule has 2 heterocycles. The molecule has 0 bridgehead atoms. The van der Waals surface area contributed by atoms with Crippen LogP contribution in [-0.4, -0.2) is 58.1 Å². The lowest BCUT2D eigenvalue weighted by Crippen LogP contribution is -2.55. The molecule has 154 valence electrons. The molecule has 0 amide bonds. The average Bonchev–Trinajstić information content (AvgIpc) is 3.06. The summed E-state index contributed by atoms with van der Waals surface area (Å²) < 4.78 is 11.8. The molecule has 0 saturated carbocycles. The van der Waals surface area contributed by atoms with Crippen LogP contribution in [0.1, 0.15) is 35.5 Å². The third kappa shape index (κ3) is 4.68. The second-order valence-corrected chi connectivity index (χ2v) is 8.55. The largest absolute Gasteiger partial charge is 0.494 e. The lowest BCUT2D eigenvalue weighted by molar-refractivity contribution is -0.230. The van der Waals surface area contributed by atoms with E-state index in [1.54, 1.807) is 0 Å². The molecule has 5 unspecified atom stereocenters. The highest BCUT2D eigenvalue weighted by Gasteiger charge is 2.44. The van der Waals surface area contributed by atoms with E-state index in [1.165, 1.54) is 11.3 Å². The molecule has 1 aromatic heterocycles. The Morgan fingerprint density at radius 1 is 1.11 bits per heavy atom. The van der Waals surface area contributed by atoms with Crippen molar-refractivity contribution in [3.05, 3.63) is 50.7 Å². The predicted octanol–water partition coefficient (Wildman–Crippen LogP) is 2.30. The van der Waals surface area contributed by atoms with Crippen LogP contribution in [0.25, 0.3) is 0 Å². The van der Waals surface area contributed by atoms with Gasteiger partial charge in [-0.3, -0.25) is 0 Å². The lowest BCUT2D eigenvalue weighted by Gasteiger charge is -2.39. The summed E-state index contributed by atoms with van der Waals surface area (Å²) in [4.78, 5) is 0.639. The Balaban J connectivity index is 1.74. The van der Waals surface area contributed by atoms with E-state index in [0.717, 1.165) is 23.3 Å². The molecular weight excluding hydrogens is 404 g/mol. The smallest absolute Gasteiger partial charge is 0.121 e. The summed E-state index contributed by atoms with van der Waals surface area (Å²) in [6.07, 6.45) is -4.35. The highest BCUT2D eigenvalue weighted by atomic mass is 35.5. The number of ether oxygens (including phenoxy) is 2. The van der Waals surface area contributed by atoms with Gasteiger partial charge in [0, 0.05) is 4.88 Å². The normalized spacial score (nSPS) is 27.7. The highest BCUT2D eigenvalue weighted by molar-refractivity contribution is 7.16. The molecule has 8 heteroatoms. The zero-order valence-electron chi connectivity index (χ0n) is 15.5. The van der Waals surface area contributed by atoms with Gasteiger partial charge >= 0.3 is 0 Å². The summed E-state index contributed by atoms with van der Waals surface area (Å²) >= 11 is 7.65. The number of thiophene rings is 1. The first-order chi connectivity index (χ1) is 13.4.